The molecule has 19 heavy (non-hydrogen) atoms. The van der Waals surface area contributed by atoms with Crippen LogP contribution >= 0.6 is 0 Å². The zero-order valence-corrected chi connectivity index (χ0v) is 11.7. The second kappa shape index (κ2) is 5.70. The first-order valence-corrected chi connectivity index (χ1v) is 6.48. The summed E-state index contributed by atoms with van der Waals surface area (Å²) >= 11 is 0. The summed E-state index contributed by atoms with van der Waals surface area (Å²) in [5.74, 6) is -0.00977. The van der Waals surface area contributed by atoms with Gasteiger partial charge in [0.1, 0.15) is 0 Å². The van der Waals surface area contributed by atoms with Crippen LogP contribution in [-0.4, -0.2) is 5.91 Å². The third-order valence-corrected chi connectivity index (χ3v) is 3.55. The molecular formula is C17H19NO. The van der Waals surface area contributed by atoms with Gasteiger partial charge in [-0.25, -0.2) is 0 Å². The van der Waals surface area contributed by atoms with Gasteiger partial charge in [0.15, 0.2) is 0 Å². The Bertz CT molecular complexity index is 602. The Morgan fingerprint density at radius 3 is 2.37 bits per heavy atom. The minimum atomic E-state index is -0.00977. The number of aryl methyl sites for hydroxylation is 2. The van der Waals surface area contributed by atoms with Crippen LogP contribution in [0.4, 0.5) is 0 Å². The number of hydrogen-bond acceptors (Lipinski definition) is 1. The average Bonchev–Trinajstić information content (AvgIpc) is 2.40. The summed E-state index contributed by atoms with van der Waals surface area (Å²) in [6, 6.07) is 13.9. The minimum absolute atomic E-state index is 0.00977. The molecule has 1 N–H and O–H groups in total. The van der Waals surface area contributed by atoms with Crippen molar-refractivity contribution in [3.63, 3.8) is 0 Å². The Hall–Kier alpha value is -2.09. The van der Waals surface area contributed by atoms with Gasteiger partial charge in [-0.2, -0.15) is 0 Å². The van der Waals surface area contributed by atoms with E-state index in [-0.39, 0.29) is 5.91 Å². The fraction of sp³-hybridized carbons (Fsp3) is 0.235. The quantitative estimate of drug-likeness (QED) is 0.890. The van der Waals surface area contributed by atoms with Crippen LogP contribution < -0.4 is 5.32 Å². The van der Waals surface area contributed by atoms with Crippen molar-refractivity contribution in [3.8, 4) is 0 Å². The lowest BCUT2D eigenvalue weighted by Gasteiger charge is -2.10. The van der Waals surface area contributed by atoms with Crippen LogP contribution in [0.15, 0.2) is 42.5 Å². The van der Waals surface area contributed by atoms with Crippen molar-refractivity contribution in [1.82, 2.24) is 5.32 Å². The Balaban J connectivity index is 2.10. The van der Waals surface area contributed by atoms with E-state index in [1.54, 1.807) is 0 Å². The smallest absolute Gasteiger partial charge is 0.251 e. The molecule has 0 aliphatic carbocycles. The molecule has 0 spiro atoms. The summed E-state index contributed by atoms with van der Waals surface area (Å²) in [7, 11) is 0. The molecule has 0 saturated heterocycles. The molecule has 2 heteroatoms. The van der Waals surface area contributed by atoms with Crippen LogP contribution in [0.25, 0.3) is 0 Å². The Morgan fingerprint density at radius 1 is 0.947 bits per heavy atom. The van der Waals surface area contributed by atoms with Crippen molar-refractivity contribution < 1.29 is 4.79 Å². The molecular weight excluding hydrogens is 234 g/mol. The number of hydrogen-bond donors (Lipinski definition) is 1. The summed E-state index contributed by atoms with van der Waals surface area (Å²) in [5, 5.41) is 2.99. The van der Waals surface area contributed by atoms with Gasteiger partial charge < -0.3 is 5.32 Å². The molecule has 98 valence electrons. The molecule has 0 atom stereocenters. The number of rotatable bonds is 3. The molecule has 2 aromatic carbocycles. The van der Waals surface area contributed by atoms with Gasteiger partial charge in [0.05, 0.1) is 0 Å². The molecule has 2 aromatic rings. The number of amides is 1. The summed E-state index contributed by atoms with van der Waals surface area (Å²) in [4.78, 5) is 12.2. The standard InChI is InChI=1S/C17H19NO/c1-12-8-6-10-16(14(12)3)17(19)18-11-15-9-5-4-7-13(15)2/h4-10H,11H2,1-3H3,(H,18,19). The Kier molecular flexibility index (Phi) is 4.00. The summed E-state index contributed by atoms with van der Waals surface area (Å²) in [6.45, 7) is 6.63. The third-order valence-electron chi connectivity index (χ3n) is 3.55. The molecule has 0 unspecified atom stereocenters. The molecule has 0 bridgehead atoms. The van der Waals surface area contributed by atoms with Crippen LogP contribution in [0.2, 0.25) is 0 Å². The number of nitrogens with one attached hydrogen (secondary N) is 1. The van der Waals surface area contributed by atoms with Crippen molar-refractivity contribution in [2.45, 2.75) is 27.3 Å². The number of benzene rings is 2. The van der Waals surface area contributed by atoms with Crippen molar-refractivity contribution in [1.29, 1.82) is 0 Å². The average molecular weight is 253 g/mol. The van der Waals surface area contributed by atoms with E-state index in [0.717, 1.165) is 22.3 Å². The summed E-state index contributed by atoms with van der Waals surface area (Å²) < 4.78 is 0. The molecule has 0 radical (unpaired) electrons. The Labute approximate surface area is 114 Å². The van der Waals surface area contributed by atoms with Gasteiger partial charge >= 0.3 is 0 Å². The maximum atomic E-state index is 12.2. The normalized spacial score (nSPS) is 10.3. The molecule has 0 saturated carbocycles. The largest absolute Gasteiger partial charge is 0.348 e. The highest BCUT2D eigenvalue weighted by Crippen LogP contribution is 2.13. The first-order chi connectivity index (χ1) is 9.09. The maximum Gasteiger partial charge on any atom is 0.251 e. The van der Waals surface area contributed by atoms with Crippen molar-refractivity contribution in [3.05, 3.63) is 70.3 Å². The van der Waals surface area contributed by atoms with Crippen LogP contribution in [0.1, 0.15) is 32.6 Å². The molecule has 0 aromatic heterocycles. The van der Waals surface area contributed by atoms with E-state index in [9.17, 15) is 4.79 Å². The lowest BCUT2D eigenvalue weighted by molar-refractivity contribution is 0.0950. The molecule has 2 nitrogen and oxygen atoms in total. The van der Waals surface area contributed by atoms with E-state index < -0.39 is 0 Å². The van der Waals surface area contributed by atoms with Crippen molar-refractivity contribution in [2.75, 3.05) is 0 Å². The van der Waals surface area contributed by atoms with E-state index in [1.807, 2.05) is 50.2 Å². The highest BCUT2D eigenvalue weighted by atomic mass is 16.1. The summed E-state index contributed by atoms with van der Waals surface area (Å²) in [5.41, 5.74) is 5.30. The van der Waals surface area contributed by atoms with E-state index in [0.29, 0.717) is 6.54 Å². The minimum Gasteiger partial charge on any atom is -0.348 e. The van der Waals surface area contributed by atoms with Crippen LogP contribution in [0, 0.1) is 20.8 Å². The predicted octanol–water partition coefficient (Wildman–Crippen LogP) is 3.54. The summed E-state index contributed by atoms with van der Waals surface area (Å²) in [6.07, 6.45) is 0. The first kappa shape index (κ1) is 13.3. The van der Waals surface area contributed by atoms with Gasteiger partial charge in [-0.05, 0) is 49.1 Å². The molecule has 0 aliphatic rings. The topological polar surface area (TPSA) is 29.1 Å². The molecule has 1 amide bonds. The van der Waals surface area contributed by atoms with Crippen LogP contribution in [0.3, 0.4) is 0 Å². The van der Waals surface area contributed by atoms with E-state index in [1.165, 1.54) is 5.56 Å². The lowest BCUT2D eigenvalue weighted by atomic mass is 10.0. The molecule has 2 rings (SSSR count). The first-order valence-electron chi connectivity index (χ1n) is 6.48. The van der Waals surface area contributed by atoms with E-state index in [2.05, 4.69) is 18.3 Å². The number of carbonyl (C=O) groups is 1. The fourth-order valence-electron chi connectivity index (χ4n) is 2.08. The molecule has 0 aliphatic heterocycles. The van der Waals surface area contributed by atoms with Gasteiger partial charge in [0.2, 0.25) is 0 Å². The number of carbonyl (C=O) groups excluding carboxylic acids is 1. The SMILES string of the molecule is Cc1ccccc1CNC(=O)c1cccc(C)c1C. The molecule has 0 heterocycles. The Morgan fingerprint density at radius 2 is 1.63 bits per heavy atom. The monoisotopic (exact) mass is 253 g/mol. The van der Waals surface area contributed by atoms with Crippen molar-refractivity contribution in [2.24, 2.45) is 0 Å². The third kappa shape index (κ3) is 3.02. The van der Waals surface area contributed by atoms with Gasteiger partial charge in [0.25, 0.3) is 5.91 Å². The highest BCUT2D eigenvalue weighted by Gasteiger charge is 2.09. The van der Waals surface area contributed by atoms with Gasteiger partial charge in [0, 0.05) is 12.1 Å². The molecule has 0 fully saturated rings. The van der Waals surface area contributed by atoms with Gasteiger partial charge in [-0.3, -0.25) is 4.79 Å². The second-order valence-electron chi connectivity index (χ2n) is 4.86. The highest BCUT2D eigenvalue weighted by molar-refractivity contribution is 5.95. The van der Waals surface area contributed by atoms with Crippen LogP contribution in [0.5, 0.6) is 0 Å². The van der Waals surface area contributed by atoms with Gasteiger partial charge in [-0.15, -0.1) is 0 Å². The fourth-order valence-corrected chi connectivity index (χ4v) is 2.08. The van der Waals surface area contributed by atoms with E-state index in [4.69, 9.17) is 0 Å². The van der Waals surface area contributed by atoms with Crippen molar-refractivity contribution >= 4 is 5.91 Å². The van der Waals surface area contributed by atoms with E-state index >= 15 is 0 Å². The lowest BCUT2D eigenvalue weighted by Crippen LogP contribution is -2.24. The van der Waals surface area contributed by atoms with Crippen LogP contribution in [-0.2, 0) is 6.54 Å². The predicted molar refractivity (Wildman–Crippen MR) is 78.3 cm³/mol. The van der Waals surface area contributed by atoms with Gasteiger partial charge in [-0.1, -0.05) is 36.4 Å². The maximum absolute atomic E-state index is 12.2. The zero-order chi connectivity index (χ0) is 13.8. The zero-order valence-electron chi connectivity index (χ0n) is 11.7. The second-order valence-corrected chi connectivity index (χ2v) is 4.86.